The lowest BCUT2D eigenvalue weighted by Crippen LogP contribution is -2.27. The van der Waals surface area contributed by atoms with Crippen LogP contribution in [0.25, 0.3) is 0 Å². The summed E-state index contributed by atoms with van der Waals surface area (Å²) in [5.74, 6) is -0.676. The van der Waals surface area contributed by atoms with Gasteiger partial charge in [0.2, 0.25) is 11.9 Å². The summed E-state index contributed by atoms with van der Waals surface area (Å²) in [5, 5.41) is 2.64. The van der Waals surface area contributed by atoms with Crippen molar-refractivity contribution in [1.82, 2.24) is 4.98 Å². The first kappa shape index (κ1) is 10.6. The molecule has 1 heterocycles. The SMILES string of the molecule is CC(C)(C)C(=O)Nc1ccc(F)nc1. The largest absolute Gasteiger partial charge is 0.324 e. The minimum atomic E-state index is -0.557. The number of pyridine rings is 1. The Morgan fingerprint density at radius 2 is 2.07 bits per heavy atom. The Balaban J connectivity index is 2.71. The van der Waals surface area contributed by atoms with Gasteiger partial charge in [0.1, 0.15) is 0 Å². The fourth-order valence-electron chi connectivity index (χ4n) is 0.768. The summed E-state index contributed by atoms with van der Waals surface area (Å²) < 4.78 is 12.4. The molecule has 0 aromatic carbocycles. The van der Waals surface area contributed by atoms with Gasteiger partial charge in [0.05, 0.1) is 11.9 Å². The van der Waals surface area contributed by atoms with E-state index in [9.17, 15) is 9.18 Å². The molecule has 4 heteroatoms. The molecule has 0 radical (unpaired) electrons. The van der Waals surface area contributed by atoms with Crippen molar-refractivity contribution in [3.05, 3.63) is 24.3 Å². The Hall–Kier alpha value is -1.45. The molecule has 0 saturated carbocycles. The predicted molar refractivity (Wildman–Crippen MR) is 52.3 cm³/mol. The molecule has 76 valence electrons. The van der Waals surface area contributed by atoms with Crippen LogP contribution in [0, 0.1) is 11.4 Å². The van der Waals surface area contributed by atoms with E-state index in [1.54, 1.807) is 20.8 Å². The standard InChI is InChI=1S/C10H13FN2O/c1-10(2,3)9(14)13-7-4-5-8(11)12-6-7/h4-6H,1-3H3,(H,13,14). The number of amides is 1. The molecule has 1 rings (SSSR count). The molecule has 1 amide bonds. The maximum absolute atomic E-state index is 12.4. The third kappa shape index (κ3) is 2.80. The normalized spacial score (nSPS) is 11.1. The van der Waals surface area contributed by atoms with E-state index in [2.05, 4.69) is 10.3 Å². The van der Waals surface area contributed by atoms with E-state index in [0.29, 0.717) is 5.69 Å². The molecular formula is C10H13FN2O. The van der Waals surface area contributed by atoms with E-state index in [1.807, 2.05) is 0 Å². The molecular weight excluding hydrogens is 183 g/mol. The van der Waals surface area contributed by atoms with E-state index < -0.39 is 11.4 Å². The van der Waals surface area contributed by atoms with Gasteiger partial charge < -0.3 is 5.32 Å². The van der Waals surface area contributed by atoms with Gasteiger partial charge in [-0.3, -0.25) is 4.79 Å². The van der Waals surface area contributed by atoms with Crippen LogP contribution in [-0.4, -0.2) is 10.9 Å². The number of anilines is 1. The van der Waals surface area contributed by atoms with Crippen molar-refractivity contribution in [2.24, 2.45) is 5.41 Å². The quantitative estimate of drug-likeness (QED) is 0.699. The summed E-state index contributed by atoms with van der Waals surface area (Å²) >= 11 is 0. The van der Waals surface area contributed by atoms with Gasteiger partial charge in [-0.15, -0.1) is 0 Å². The Labute approximate surface area is 82.4 Å². The Morgan fingerprint density at radius 1 is 1.43 bits per heavy atom. The fraction of sp³-hybridized carbons (Fsp3) is 0.400. The van der Waals surface area contributed by atoms with Crippen LogP contribution in [0.3, 0.4) is 0 Å². The van der Waals surface area contributed by atoms with Gasteiger partial charge in [0.25, 0.3) is 0 Å². The summed E-state index contributed by atoms with van der Waals surface area (Å²) in [5.41, 5.74) is 0.0420. The highest BCUT2D eigenvalue weighted by molar-refractivity contribution is 5.94. The molecule has 14 heavy (non-hydrogen) atoms. The smallest absolute Gasteiger partial charge is 0.229 e. The van der Waals surface area contributed by atoms with E-state index in [0.717, 1.165) is 0 Å². The van der Waals surface area contributed by atoms with E-state index >= 15 is 0 Å². The number of aromatic nitrogens is 1. The molecule has 0 saturated heterocycles. The highest BCUT2D eigenvalue weighted by Crippen LogP contribution is 2.16. The molecule has 1 N–H and O–H groups in total. The summed E-state index contributed by atoms with van der Waals surface area (Å²) in [6, 6.07) is 2.68. The summed E-state index contributed by atoms with van der Waals surface area (Å²) in [6.45, 7) is 5.41. The maximum Gasteiger partial charge on any atom is 0.229 e. The van der Waals surface area contributed by atoms with Crippen molar-refractivity contribution < 1.29 is 9.18 Å². The second-order valence-electron chi connectivity index (χ2n) is 4.07. The molecule has 1 aromatic rings. The maximum atomic E-state index is 12.4. The van der Waals surface area contributed by atoms with Crippen LogP contribution < -0.4 is 5.32 Å². The van der Waals surface area contributed by atoms with Crippen LogP contribution in [0.2, 0.25) is 0 Å². The number of hydrogen-bond acceptors (Lipinski definition) is 2. The van der Waals surface area contributed by atoms with Gasteiger partial charge in [-0.05, 0) is 12.1 Å². The average Bonchev–Trinajstić information content (AvgIpc) is 2.07. The topological polar surface area (TPSA) is 42.0 Å². The first-order valence-corrected chi connectivity index (χ1v) is 4.32. The monoisotopic (exact) mass is 196 g/mol. The molecule has 0 bridgehead atoms. The molecule has 0 unspecified atom stereocenters. The first-order valence-electron chi connectivity index (χ1n) is 4.32. The number of nitrogens with one attached hydrogen (secondary N) is 1. The van der Waals surface area contributed by atoms with E-state index in [1.165, 1.54) is 18.3 Å². The number of rotatable bonds is 1. The number of carbonyl (C=O) groups is 1. The van der Waals surface area contributed by atoms with Crippen molar-refractivity contribution in [2.75, 3.05) is 5.32 Å². The summed E-state index contributed by atoms with van der Waals surface area (Å²) in [7, 11) is 0. The van der Waals surface area contributed by atoms with Crippen molar-refractivity contribution in [1.29, 1.82) is 0 Å². The lowest BCUT2D eigenvalue weighted by Gasteiger charge is -2.17. The molecule has 0 aliphatic rings. The fourth-order valence-corrected chi connectivity index (χ4v) is 0.768. The van der Waals surface area contributed by atoms with Crippen molar-refractivity contribution in [3.8, 4) is 0 Å². The molecule has 3 nitrogen and oxygen atoms in total. The van der Waals surface area contributed by atoms with Crippen LogP contribution in [-0.2, 0) is 4.79 Å². The zero-order valence-electron chi connectivity index (χ0n) is 8.47. The highest BCUT2D eigenvalue weighted by Gasteiger charge is 2.21. The minimum absolute atomic E-state index is 0.120. The molecule has 1 aromatic heterocycles. The molecule has 0 fully saturated rings. The lowest BCUT2D eigenvalue weighted by molar-refractivity contribution is -0.123. The Morgan fingerprint density at radius 3 is 2.50 bits per heavy atom. The Bertz CT molecular complexity index is 327. The number of carbonyl (C=O) groups excluding carboxylic acids is 1. The number of halogens is 1. The zero-order valence-corrected chi connectivity index (χ0v) is 8.47. The van der Waals surface area contributed by atoms with Gasteiger partial charge in [0.15, 0.2) is 0 Å². The van der Waals surface area contributed by atoms with Gasteiger partial charge in [0, 0.05) is 5.41 Å². The van der Waals surface area contributed by atoms with Gasteiger partial charge in [-0.2, -0.15) is 4.39 Å². The molecule has 0 aliphatic carbocycles. The van der Waals surface area contributed by atoms with Gasteiger partial charge >= 0.3 is 0 Å². The second kappa shape index (κ2) is 3.74. The van der Waals surface area contributed by atoms with E-state index in [-0.39, 0.29) is 5.91 Å². The van der Waals surface area contributed by atoms with Crippen molar-refractivity contribution in [2.45, 2.75) is 20.8 Å². The zero-order chi connectivity index (χ0) is 10.8. The minimum Gasteiger partial charge on any atom is -0.324 e. The summed E-state index contributed by atoms with van der Waals surface area (Å²) in [6.07, 6.45) is 1.29. The van der Waals surface area contributed by atoms with Crippen LogP contribution in [0.15, 0.2) is 18.3 Å². The predicted octanol–water partition coefficient (Wildman–Crippen LogP) is 2.21. The van der Waals surface area contributed by atoms with Crippen LogP contribution in [0.4, 0.5) is 10.1 Å². The van der Waals surface area contributed by atoms with Gasteiger partial charge in [-0.1, -0.05) is 20.8 Å². The third-order valence-corrected chi connectivity index (χ3v) is 1.67. The first-order chi connectivity index (χ1) is 6.39. The van der Waals surface area contributed by atoms with Crippen LogP contribution >= 0.6 is 0 Å². The van der Waals surface area contributed by atoms with Gasteiger partial charge in [-0.25, -0.2) is 4.98 Å². The van der Waals surface area contributed by atoms with Crippen molar-refractivity contribution in [3.63, 3.8) is 0 Å². The number of nitrogens with zero attached hydrogens (tertiary/aromatic N) is 1. The van der Waals surface area contributed by atoms with Crippen LogP contribution in [0.5, 0.6) is 0 Å². The highest BCUT2D eigenvalue weighted by atomic mass is 19.1. The molecule has 0 aliphatic heterocycles. The molecule has 0 spiro atoms. The van der Waals surface area contributed by atoms with Crippen LogP contribution in [0.1, 0.15) is 20.8 Å². The second-order valence-corrected chi connectivity index (χ2v) is 4.07. The average molecular weight is 196 g/mol. The van der Waals surface area contributed by atoms with Crippen molar-refractivity contribution >= 4 is 11.6 Å². The molecule has 0 atom stereocenters. The van der Waals surface area contributed by atoms with E-state index in [4.69, 9.17) is 0 Å². The third-order valence-electron chi connectivity index (χ3n) is 1.67. The number of hydrogen-bond donors (Lipinski definition) is 1. The lowest BCUT2D eigenvalue weighted by atomic mass is 9.96. The Kier molecular flexibility index (Phi) is 2.84. The summed E-state index contributed by atoms with van der Waals surface area (Å²) in [4.78, 5) is 14.9.